The van der Waals surface area contributed by atoms with E-state index in [4.69, 9.17) is 0 Å². The first-order valence-electron chi connectivity index (χ1n) is 7.70. The molecule has 0 saturated heterocycles. The maximum Gasteiger partial charge on any atom is 0.265 e. The summed E-state index contributed by atoms with van der Waals surface area (Å²) < 4.78 is 0. The van der Waals surface area contributed by atoms with Crippen LogP contribution in [0.5, 0.6) is 0 Å². The van der Waals surface area contributed by atoms with E-state index >= 15 is 0 Å². The first kappa shape index (κ1) is 16.0. The molecule has 3 N–H and O–H groups in total. The molecule has 4 heteroatoms. The van der Waals surface area contributed by atoms with Crippen LogP contribution in [0.15, 0.2) is 54.6 Å². The van der Waals surface area contributed by atoms with Gasteiger partial charge in [-0.25, -0.2) is 5.43 Å². The minimum atomic E-state index is -0.106. The van der Waals surface area contributed by atoms with E-state index in [1.54, 1.807) is 0 Å². The molecule has 0 aliphatic rings. The topological polar surface area (TPSA) is 53.2 Å². The first-order valence-corrected chi connectivity index (χ1v) is 7.70. The van der Waals surface area contributed by atoms with Gasteiger partial charge in [-0.2, -0.15) is 0 Å². The van der Waals surface area contributed by atoms with Gasteiger partial charge in [0.25, 0.3) is 5.91 Å². The zero-order valence-electron chi connectivity index (χ0n) is 12.9. The van der Waals surface area contributed by atoms with E-state index in [0.717, 1.165) is 31.6 Å². The van der Waals surface area contributed by atoms with Crippen LogP contribution in [-0.2, 0) is 6.54 Å². The summed E-state index contributed by atoms with van der Waals surface area (Å²) in [6.07, 6.45) is 2.15. The minimum Gasteiger partial charge on any atom is -0.381 e. The average Bonchev–Trinajstić information content (AvgIpc) is 2.58. The van der Waals surface area contributed by atoms with Crippen molar-refractivity contribution in [3.05, 3.63) is 65.7 Å². The third-order valence-corrected chi connectivity index (χ3v) is 3.34. The Bertz CT molecular complexity index is 567. The molecule has 2 aromatic rings. The number of hydrogen-bond acceptors (Lipinski definition) is 3. The van der Waals surface area contributed by atoms with Crippen molar-refractivity contribution in [1.82, 2.24) is 10.9 Å². The van der Waals surface area contributed by atoms with Gasteiger partial charge in [0.05, 0.1) is 0 Å². The van der Waals surface area contributed by atoms with Gasteiger partial charge in [-0.3, -0.25) is 10.2 Å². The molecule has 0 bridgehead atoms. The molecule has 22 heavy (non-hydrogen) atoms. The molecule has 0 aliphatic carbocycles. The van der Waals surface area contributed by atoms with E-state index in [-0.39, 0.29) is 5.91 Å². The molecule has 0 atom stereocenters. The Hall–Kier alpha value is -2.33. The van der Waals surface area contributed by atoms with Gasteiger partial charge in [0.2, 0.25) is 0 Å². The number of amides is 1. The normalized spacial score (nSPS) is 10.2. The fourth-order valence-corrected chi connectivity index (χ4v) is 2.02. The standard InChI is InChI=1S/C18H23N3O/c1-2-3-13-20-21-18(22)16-9-11-17(12-10-16)19-14-15-7-5-4-6-8-15/h4-12,19-20H,2-3,13-14H2,1H3,(H,21,22). The SMILES string of the molecule is CCCCNNC(=O)c1ccc(NCc2ccccc2)cc1. The van der Waals surface area contributed by atoms with E-state index in [9.17, 15) is 4.79 Å². The second-order valence-corrected chi connectivity index (χ2v) is 5.15. The van der Waals surface area contributed by atoms with Crippen LogP contribution in [0.3, 0.4) is 0 Å². The molecule has 0 aromatic heterocycles. The highest BCUT2D eigenvalue weighted by Crippen LogP contribution is 2.11. The van der Waals surface area contributed by atoms with Crippen molar-refractivity contribution in [2.24, 2.45) is 0 Å². The van der Waals surface area contributed by atoms with Crippen LogP contribution in [0.1, 0.15) is 35.7 Å². The van der Waals surface area contributed by atoms with Crippen molar-refractivity contribution in [2.45, 2.75) is 26.3 Å². The maximum atomic E-state index is 11.9. The number of benzene rings is 2. The summed E-state index contributed by atoms with van der Waals surface area (Å²) in [6, 6.07) is 17.7. The number of rotatable bonds is 8. The second-order valence-electron chi connectivity index (χ2n) is 5.15. The molecule has 0 unspecified atom stereocenters. The lowest BCUT2D eigenvalue weighted by Crippen LogP contribution is -2.37. The van der Waals surface area contributed by atoms with Crippen molar-refractivity contribution < 1.29 is 4.79 Å². The van der Waals surface area contributed by atoms with Crippen molar-refractivity contribution in [3.8, 4) is 0 Å². The van der Waals surface area contributed by atoms with Crippen molar-refractivity contribution in [1.29, 1.82) is 0 Å². The molecule has 0 aliphatic heterocycles. The zero-order chi connectivity index (χ0) is 15.6. The third-order valence-electron chi connectivity index (χ3n) is 3.34. The summed E-state index contributed by atoms with van der Waals surface area (Å²) in [6.45, 7) is 3.68. The van der Waals surface area contributed by atoms with Crippen LogP contribution in [0.4, 0.5) is 5.69 Å². The second kappa shape index (κ2) is 8.85. The minimum absolute atomic E-state index is 0.106. The Morgan fingerprint density at radius 3 is 2.41 bits per heavy atom. The molecule has 2 aromatic carbocycles. The molecule has 0 heterocycles. The van der Waals surface area contributed by atoms with Crippen LogP contribution >= 0.6 is 0 Å². The summed E-state index contributed by atoms with van der Waals surface area (Å²) in [7, 11) is 0. The van der Waals surface area contributed by atoms with Crippen molar-refractivity contribution in [3.63, 3.8) is 0 Å². The van der Waals surface area contributed by atoms with Crippen LogP contribution in [0.2, 0.25) is 0 Å². The lowest BCUT2D eigenvalue weighted by atomic mass is 10.2. The summed E-state index contributed by atoms with van der Waals surface area (Å²) in [5, 5.41) is 3.34. The highest BCUT2D eigenvalue weighted by molar-refractivity contribution is 5.94. The number of anilines is 1. The van der Waals surface area contributed by atoms with Gasteiger partial charge in [0, 0.05) is 24.3 Å². The van der Waals surface area contributed by atoms with E-state index < -0.39 is 0 Å². The van der Waals surface area contributed by atoms with Crippen LogP contribution < -0.4 is 16.2 Å². The maximum absolute atomic E-state index is 11.9. The van der Waals surface area contributed by atoms with E-state index in [0.29, 0.717) is 5.56 Å². The fourth-order valence-electron chi connectivity index (χ4n) is 2.02. The molecule has 0 fully saturated rings. The fraction of sp³-hybridized carbons (Fsp3) is 0.278. The number of hydrogen-bond donors (Lipinski definition) is 3. The van der Waals surface area contributed by atoms with Gasteiger partial charge < -0.3 is 5.32 Å². The quantitative estimate of drug-likeness (QED) is 0.517. The molecule has 116 valence electrons. The van der Waals surface area contributed by atoms with Gasteiger partial charge in [0.15, 0.2) is 0 Å². The van der Waals surface area contributed by atoms with Crippen molar-refractivity contribution in [2.75, 3.05) is 11.9 Å². The molecule has 0 saturated carbocycles. The summed E-state index contributed by atoms with van der Waals surface area (Å²) >= 11 is 0. The molecule has 4 nitrogen and oxygen atoms in total. The van der Waals surface area contributed by atoms with Gasteiger partial charge in [0.1, 0.15) is 0 Å². The summed E-state index contributed by atoms with van der Waals surface area (Å²) in [5.41, 5.74) is 8.51. The Labute approximate surface area is 131 Å². The van der Waals surface area contributed by atoms with Gasteiger partial charge >= 0.3 is 0 Å². The summed E-state index contributed by atoms with van der Waals surface area (Å²) in [4.78, 5) is 11.9. The van der Waals surface area contributed by atoms with E-state index in [1.807, 2.05) is 42.5 Å². The molecular formula is C18H23N3O. The number of hydrazine groups is 1. The van der Waals surface area contributed by atoms with E-state index in [2.05, 4.69) is 35.2 Å². The molecular weight excluding hydrogens is 274 g/mol. The molecule has 2 rings (SSSR count). The van der Waals surface area contributed by atoms with Gasteiger partial charge in [-0.1, -0.05) is 43.7 Å². The van der Waals surface area contributed by atoms with Crippen LogP contribution in [0, 0.1) is 0 Å². The highest BCUT2D eigenvalue weighted by atomic mass is 16.2. The molecule has 0 radical (unpaired) electrons. The predicted molar refractivity (Wildman–Crippen MR) is 90.6 cm³/mol. The largest absolute Gasteiger partial charge is 0.381 e. The number of nitrogens with one attached hydrogen (secondary N) is 3. The third kappa shape index (κ3) is 5.22. The van der Waals surface area contributed by atoms with Crippen LogP contribution in [-0.4, -0.2) is 12.5 Å². The highest BCUT2D eigenvalue weighted by Gasteiger charge is 2.04. The first-order chi connectivity index (χ1) is 10.8. The number of carbonyl (C=O) groups excluding carboxylic acids is 1. The van der Waals surface area contributed by atoms with Crippen LogP contribution in [0.25, 0.3) is 0 Å². The number of carbonyl (C=O) groups is 1. The number of unbranched alkanes of at least 4 members (excludes halogenated alkanes) is 1. The molecule has 0 spiro atoms. The Morgan fingerprint density at radius 1 is 1.00 bits per heavy atom. The van der Waals surface area contributed by atoms with Gasteiger partial charge in [-0.05, 0) is 36.2 Å². The Balaban J connectivity index is 1.81. The smallest absolute Gasteiger partial charge is 0.265 e. The lowest BCUT2D eigenvalue weighted by molar-refractivity contribution is 0.0933. The summed E-state index contributed by atoms with van der Waals surface area (Å²) in [5.74, 6) is -0.106. The predicted octanol–water partition coefficient (Wildman–Crippen LogP) is 3.33. The van der Waals surface area contributed by atoms with Crippen molar-refractivity contribution >= 4 is 11.6 Å². The lowest BCUT2D eigenvalue weighted by Gasteiger charge is -2.09. The Kier molecular flexibility index (Phi) is 6.45. The van der Waals surface area contributed by atoms with E-state index in [1.165, 1.54) is 5.56 Å². The Morgan fingerprint density at radius 2 is 1.73 bits per heavy atom. The monoisotopic (exact) mass is 297 g/mol. The molecule has 1 amide bonds. The zero-order valence-corrected chi connectivity index (χ0v) is 12.9. The van der Waals surface area contributed by atoms with Gasteiger partial charge in [-0.15, -0.1) is 0 Å². The average molecular weight is 297 g/mol.